The molecular formula is C30H29F2NO6. The Morgan fingerprint density at radius 2 is 1.69 bits per heavy atom. The molecule has 2 N–H and O–H groups in total. The summed E-state index contributed by atoms with van der Waals surface area (Å²) in [5, 5.41) is 21.2. The van der Waals surface area contributed by atoms with Gasteiger partial charge < -0.3 is 29.0 Å². The lowest BCUT2D eigenvalue weighted by Gasteiger charge is -2.32. The van der Waals surface area contributed by atoms with E-state index in [1.54, 1.807) is 25.3 Å². The molecule has 1 aliphatic carbocycles. The van der Waals surface area contributed by atoms with Gasteiger partial charge in [0.25, 0.3) is 0 Å². The second-order valence-corrected chi connectivity index (χ2v) is 9.84. The molecule has 0 atom stereocenters. The van der Waals surface area contributed by atoms with Crippen LogP contribution in [0.15, 0.2) is 48.5 Å². The molecule has 0 radical (unpaired) electrons. The van der Waals surface area contributed by atoms with Gasteiger partial charge in [-0.3, -0.25) is 0 Å². The van der Waals surface area contributed by atoms with E-state index in [2.05, 4.69) is 0 Å². The predicted octanol–water partition coefficient (Wildman–Crippen LogP) is 6.45. The van der Waals surface area contributed by atoms with Crippen molar-refractivity contribution in [1.82, 2.24) is 4.57 Å². The number of phenols is 1. The fourth-order valence-corrected chi connectivity index (χ4v) is 6.00. The van der Waals surface area contributed by atoms with Crippen molar-refractivity contribution < 1.29 is 38.0 Å². The molecule has 0 aliphatic heterocycles. The summed E-state index contributed by atoms with van der Waals surface area (Å²) in [4.78, 5) is 11.8. The molecule has 0 amide bonds. The molecule has 0 unspecified atom stereocenters. The van der Waals surface area contributed by atoms with Crippen LogP contribution >= 0.6 is 0 Å². The fourth-order valence-electron chi connectivity index (χ4n) is 6.00. The number of hydrogen-bond donors (Lipinski definition) is 2. The predicted molar refractivity (Wildman–Crippen MR) is 142 cm³/mol. The quantitative estimate of drug-likeness (QED) is 0.268. The van der Waals surface area contributed by atoms with E-state index >= 15 is 0 Å². The van der Waals surface area contributed by atoms with E-state index in [4.69, 9.17) is 14.2 Å². The van der Waals surface area contributed by atoms with Crippen LogP contribution < -0.4 is 9.47 Å². The highest BCUT2D eigenvalue weighted by Gasteiger charge is 2.42. The van der Waals surface area contributed by atoms with E-state index in [-0.39, 0.29) is 22.8 Å². The number of carboxylic acid groups (broad SMARTS) is 1. The van der Waals surface area contributed by atoms with Gasteiger partial charge in [-0.2, -0.15) is 0 Å². The summed E-state index contributed by atoms with van der Waals surface area (Å²) in [6.45, 7) is 0.349. The number of aromatic carboxylic acids is 1. The van der Waals surface area contributed by atoms with E-state index in [1.807, 2.05) is 4.57 Å². The third kappa shape index (κ3) is 4.36. The Hall–Kier alpha value is -4.11. The highest BCUT2D eigenvalue weighted by molar-refractivity contribution is 6.04. The van der Waals surface area contributed by atoms with Gasteiger partial charge in [0.1, 0.15) is 22.9 Å². The van der Waals surface area contributed by atoms with Crippen molar-refractivity contribution in [2.24, 2.45) is 0 Å². The van der Waals surface area contributed by atoms with Gasteiger partial charge in [0, 0.05) is 41.6 Å². The number of nitrogens with zero attached hydrogens (tertiary/aromatic N) is 1. The molecule has 5 rings (SSSR count). The highest BCUT2D eigenvalue weighted by Crippen LogP contribution is 2.52. The number of fused-ring (bicyclic) bond motifs is 1. The lowest BCUT2D eigenvalue weighted by molar-refractivity contribution is 0.0693. The Morgan fingerprint density at radius 3 is 2.33 bits per heavy atom. The number of carbonyl (C=O) groups is 1. The summed E-state index contributed by atoms with van der Waals surface area (Å²) in [6, 6.07) is 11.5. The Bertz CT molecular complexity index is 1570. The Morgan fingerprint density at radius 1 is 0.974 bits per heavy atom. The number of ether oxygens (including phenoxy) is 3. The first-order valence-corrected chi connectivity index (χ1v) is 12.6. The monoisotopic (exact) mass is 537 g/mol. The van der Waals surface area contributed by atoms with Gasteiger partial charge in [0.2, 0.25) is 0 Å². The Balaban J connectivity index is 1.98. The minimum absolute atomic E-state index is 0.0159. The van der Waals surface area contributed by atoms with Crippen LogP contribution in [0, 0.1) is 11.6 Å². The van der Waals surface area contributed by atoms with Crippen molar-refractivity contribution in [3.05, 3.63) is 71.4 Å². The van der Waals surface area contributed by atoms with Crippen LogP contribution in [0.3, 0.4) is 0 Å². The molecule has 1 heterocycles. The van der Waals surface area contributed by atoms with Crippen LogP contribution in [0.5, 0.6) is 17.2 Å². The third-order valence-corrected chi connectivity index (χ3v) is 7.61. The van der Waals surface area contributed by atoms with Gasteiger partial charge in [0.15, 0.2) is 11.6 Å². The molecule has 3 aromatic carbocycles. The van der Waals surface area contributed by atoms with Gasteiger partial charge >= 0.3 is 5.97 Å². The summed E-state index contributed by atoms with van der Waals surface area (Å²) in [5.41, 5.74) is 2.26. The molecule has 0 spiro atoms. The first-order valence-electron chi connectivity index (χ1n) is 12.6. The molecule has 0 saturated heterocycles. The SMILES string of the molecule is COCC1(c2c(-c3ccc(C(=O)O)c(OC)c3)c3c(O)cc(F)cc3n2-c2ccc(F)c(OC)c2)CCCC1. The molecule has 9 heteroatoms. The number of aromatic nitrogens is 1. The van der Waals surface area contributed by atoms with Crippen LogP contribution in [-0.4, -0.2) is 48.7 Å². The van der Waals surface area contributed by atoms with Gasteiger partial charge in [0.05, 0.1) is 31.7 Å². The van der Waals surface area contributed by atoms with Crippen molar-refractivity contribution in [3.63, 3.8) is 0 Å². The fraction of sp³-hybridized carbons (Fsp3) is 0.300. The smallest absolute Gasteiger partial charge is 0.339 e. The van der Waals surface area contributed by atoms with Crippen molar-refractivity contribution >= 4 is 16.9 Å². The average Bonchev–Trinajstić information content (AvgIpc) is 3.52. The minimum Gasteiger partial charge on any atom is -0.507 e. The number of hydrogen-bond acceptors (Lipinski definition) is 5. The molecule has 1 fully saturated rings. The molecule has 204 valence electrons. The zero-order valence-corrected chi connectivity index (χ0v) is 21.9. The van der Waals surface area contributed by atoms with Crippen molar-refractivity contribution in [1.29, 1.82) is 0 Å². The number of methoxy groups -OCH3 is 3. The number of halogens is 2. The topological polar surface area (TPSA) is 90.2 Å². The number of carboxylic acids is 1. The molecule has 1 aliphatic rings. The first-order chi connectivity index (χ1) is 18.7. The maximum atomic E-state index is 14.9. The zero-order chi connectivity index (χ0) is 27.9. The summed E-state index contributed by atoms with van der Waals surface area (Å²) in [7, 11) is 4.37. The van der Waals surface area contributed by atoms with Crippen LogP contribution in [0.1, 0.15) is 41.7 Å². The minimum atomic E-state index is -1.14. The number of benzene rings is 3. The maximum absolute atomic E-state index is 14.9. The van der Waals surface area contributed by atoms with Crippen molar-refractivity contribution in [2.75, 3.05) is 27.9 Å². The standard InChI is InChI=1S/C30H29F2NO6/c1-37-16-30(10-4-5-11-30)28-26(17-6-8-20(29(35)36)24(12-17)38-2)27-22(13-18(31)14-23(27)34)33(28)19-7-9-21(32)25(15-19)39-3/h6-9,12-15,34H,4-5,10-11,16H2,1-3H3,(H,35,36). The van der Waals surface area contributed by atoms with Gasteiger partial charge in [-0.05, 0) is 48.7 Å². The molecule has 39 heavy (non-hydrogen) atoms. The summed E-state index contributed by atoms with van der Waals surface area (Å²) < 4.78 is 47.6. The van der Waals surface area contributed by atoms with E-state index < -0.39 is 23.0 Å². The zero-order valence-electron chi connectivity index (χ0n) is 21.9. The molecular weight excluding hydrogens is 508 g/mol. The lowest BCUT2D eigenvalue weighted by Crippen LogP contribution is -2.31. The summed E-state index contributed by atoms with van der Waals surface area (Å²) in [6.07, 6.45) is 3.38. The van der Waals surface area contributed by atoms with Crippen molar-refractivity contribution in [3.8, 4) is 34.1 Å². The number of rotatable bonds is 8. The first kappa shape index (κ1) is 26.5. The van der Waals surface area contributed by atoms with Gasteiger partial charge in [-0.15, -0.1) is 0 Å². The summed E-state index contributed by atoms with van der Waals surface area (Å²) >= 11 is 0. The van der Waals surface area contributed by atoms with Crippen LogP contribution in [0.25, 0.3) is 27.7 Å². The van der Waals surface area contributed by atoms with E-state index in [0.717, 1.165) is 37.4 Å². The largest absolute Gasteiger partial charge is 0.507 e. The van der Waals surface area contributed by atoms with E-state index in [0.29, 0.717) is 34.3 Å². The third-order valence-electron chi connectivity index (χ3n) is 7.61. The van der Waals surface area contributed by atoms with Crippen LogP contribution in [0.2, 0.25) is 0 Å². The van der Waals surface area contributed by atoms with Crippen LogP contribution in [0.4, 0.5) is 8.78 Å². The van der Waals surface area contributed by atoms with E-state index in [9.17, 15) is 23.8 Å². The second-order valence-electron chi connectivity index (χ2n) is 9.84. The molecule has 1 saturated carbocycles. The highest BCUT2D eigenvalue weighted by atomic mass is 19.1. The normalized spacial score (nSPS) is 14.6. The Labute approximate surface area is 224 Å². The molecule has 1 aromatic heterocycles. The van der Waals surface area contributed by atoms with E-state index in [1.165, 1.54) is 38.5 Å². The lowest BCUT2D eigenvalue weighted by atomic mass is 9.79. The molecule has 0 bridgehead atoms. The van der Waals surface area contributed by atoms with Crippen molar-refractivity contribution in [2.45, 2.75) is 31.1 Å². The number of aromatic hydroxyl groups is 1. The van der Waals surface area contributed by atoms with Gasteiger partial charge in [-0.1, -0.05) is 18.9 Å². The number of phenolic OH excluding ortho intramolecular Hbond substituents is 1. The molecule has 4 aromatic rings. The average molecular weight is 538 g/mol. The van der Waals surface area contributed by atoms with Crippen LogP contribution in [-0.2, 0) is 10.2 Å². The Kier molecular flexibility index (Phi) is 6.94. The second kappa shape index (κ2) is 10.2. The summed E-state index contributed by atoms with van der Waals surface area (Å²) in [5.74, 6) is -2.45. The maximum Gasteiger partial charge on any atom is 0.339 e. The van der Waals surface area contributed by atoms with Gasteiger partial charge in [-0.25, -0.2) is 13.6 Å². The molecule has 7 nitrogen and oxygen atoms in total.